The smallest absolute Gasteiger partial charge is 0.237 e. The van der Waals surface area contributed by atoms with E-state index in [9.17, 15) is 0 Å². The van der Waals surface area contributed by atoms with Gasteiger partial charge in [0, 0.05) is 5.41 Å². The molecule has 1 atom stereocenters. The van der Waals surface area contributed by atoms with Gasteiger partial charge in [-0.25, -0.2) is 0 Å². The van der Waals surface area contributed by atoms with Crippen LogP contribution in [0, 0.1) is 0 Å². The molecule has 1 aromatic carbocycles. The van der Waals surface area contributed by atoms with Crippen LogP contribution in [0.25, 0.3) is 0 Å². The molecular weight excluding hydrogens is 250 g/mol. The molecule has 0 bridgehead atoms. The Labute approximate surface area is 119 Å². The maximum Gasteiger partial charge on any atom is 0.237 e. The van der Waals surface area contributed by atoms with Crippen LogP contribution in [0.4, 0.5) is 0 Å². The highest BCUT2D eigenvalue weighted by Crippen LogP contribution is 2.43. The van der Waals surface area contributed by atoms with Gasteiger partial charge in [0.25, 0.3) is 0 Å². The molecule has 1 aromatic heterocycles. The lowest BCUT2D eigenvalue weighted by Gasteiger charge is -2.22. The Morgan fingerprint density at radius 3 is 2.55 bits per heavy atom. The first-order valence-corrected chi connectivity index (χ1v) is 7.39. The molecule has 4 heteroatoms. The second-order valence-electron chi connectivity index (χ2n) is 5.67. The number of nitrogens with zero attached hydrogens (tertiary/aromatic N) is 2. The molecular formula is C16H21N3O. The Hall–Kier alpha value is -1.68. The molecule has 0 aliphatic heterocycles. The third kappa shape index (κ3) is 2.24. The molecule has 1 aliphatic carbocycles. The van der Waals surface area contributed by atoms with Gasteiger partial charge in [0.1, 0.15) is 6.04 Å². The van der Waals surface area contributed by atoms with Crippen molar-refractivity contribution in [2.45, 2.75) is 50.5 Å². The van der Waals surface area contributed by atoms with Crippen molar-refractivity contribution in [1.82, 2.24) is 10.2 Å². The van der Waals surface area contributed by atoms with Gasteiger partial charge in [-0.2, -0.15) is 0 Å². The lowest BCUT2D eigenvalue weighted by atomic mass is 9.83. The highest BCUT2D eigenvalue weighted by Gasteiger charge is 2.39. The summed E-state index contributed by atoms with van der Waals surface area (Å²) >= 11 is 0. The first-order chi connectivity index (χ1) is 9.75. The molecule has 1 aliphatic rings. The molecule has 0 saturated heterocycles. The van der Waals surface area contributed by atoms with E-state index in [1.807, 2.05) is 30.3 Å². The fourth-order valence-electron chi connectivity index (χ4n) is 3.15. The summed E-state index contributed by atoms with van der Waals surface area (Å²) in [6.07, 6.45) is 5.83. The van der Waals surface area contributed by atoms with Crippen LogP contribution in [-0.4, -0.2) is 10.2 Å². The van der Waals surface area contributed by atoms with Crippen molar-refractivity contribution >= 4 is 0 Å². The van der Waals surface area contributed by atoms with Crippen molar-refractivity contribution in [2.24, 2.45) is 5.73 Å². The van der Waals surface area contributed by atoms with E-state index in [1.54, 1.807) is 0 Å². The van der Waals surface area contributed by atoms with Gasteiger partial charge in [0.2, 0.25) is 11.8 Å². The van der Waals surface area contributed by atoms with Gasteiger partial charge in [0.15, 0.2) is 0 Å². The van der Waals surface area contributed by atoms with Gasteiger partial charge < -0.3 is 10.2 Å². The lowest BCUT2D eigenvalue weighted by molar-refractivity contribution is 0.302. The molecule has 1 fully saturated rings. The summed E-state index contributed by atoms with van der Waals surface area (Å²) in [5.74, 6) is 1.30. The second-order valence-corrected chi connectivity index (χ2v) is 5.67. The number of hydrogen-bond donors (Lipinski definition) is 1. The predicted octanol–water partition coefficient (Wildman–Crippen LogP) is 3.34. The molecule has 20 heavy (non-hydrogen) atoms. The second kappa shape index (κ2) is 5.37. The van der Waals surface area contributed by atoms with E-state index in [-0.39, 0.29) is 11.5 Å². The molecule has 4 nitrogen and oxygen atoms in total. The van der Waals surface area contributed by atoms with Gasteiger partial charge in [0.05, 0.1) is 0 Å². The molecule has 106 valence electrons. The zero-order valence-corrected chi connectivity index (χ0v) is 11.9. The summed E-state index contributed by atoms with van der Waals surface area (Å²) in [5.41, 5.74) is 7.30. The Morgan fingerprint density at radius 1 is 1.20 bits per heavy atom. The molecule has 2 aromatic rings. The normalized spacial score (nSPS) is 19.1. The standard InChI is InChI=1S/C16H21N3O/c1-2-16(10-6-7-11-16)15-19-18-14(20-15)13(17)12-8-4-3-5-9-12/h3-5,8-9,13H,2,6-7,10-11,17H2,1H3. The van der Waals surface area contributed by atoms with Crippen LogP contribution in [0.3, 0.4) is 0 Å². The summed E-state index contributed by atoms with van der Waals surface area (Å²) in [5, 5.41) is 8.48. The van der Waals surface area contributed by atoms with Gasteiger partial charge in [-0.3, -0.25) is 0 Å². The largest absolute Gasteiger partial charge is 0.423 e. The predicted molar refractivity (Wildman–Crippen MR) is 77.2 cm³/mol. The third-order valence-electron chi connectivity index (χ3n) is 4.56. The average molecular weight is 271 g/mol. The van der Waals surface area contributed by atoms with E-state index < -0.39 is 0 Å². The maximum atomic E-state index is 6.22. The van der Waals surface area contributed by atoms with E-state index in [1.165, 1.54) is 12.8 Å². The van der Waals surface area contributed by atoms with Crippen LogP contribution in [0.15, 0.2) is 34.7 Å². The van der Waals surface area contributed by atoms with Crippen LogP contribution < -0.4 is 5.73 Å². The van der Waals surface area contributed by atoms with Crippen molar-refractivity contribution in [3.63, 3.8) is 0 Å². The van der Waals surface area contributed by atoms with Crippen LogP contribution in [0.2, 0.25) is 0 Å². The monoisotopic (exact) mass is 271 g/mol. The van der Waals surface area contributed by atoms with Crippen molar-refractivity contribution in [2.75, 3.05) is 0 Å². The first-order valence-electron chi connectivity index (χ1n) is 7.39. The highest BCUT2D eigenvalue weighted by atomic mass is 16.4. The summed E-state index contributed by atoms with van der Waals surface area (Å²) in [6, 6.07) is 9.54. The zero-order valence-electron chi connectivity index (χ0n) is 11.9. The molecule has 0 amide bonds. The van der Waals surface area contributed by atoms with Crippen LogP contribution in [-0.2, 0) is 5.41 Å². The van der Waals surface area contributed by atoms with Gasteiger partial charge >= 0.3 is 0 Å². The number of rotatable bonds is 4. The van der Waals surface area contributed by atoms with Gasteiger partial charge in [-0.05, 0) is 24.8 Å². The number of benzene rings is 1. The van der Waals surface area contributed by atoms with Crippen molar-refractivity contribution in [3.05, 3.63) is 47.7 Å². The Kier molecular flexibility index (Phi) is 3.57. The van der Waals surface area contributed by atoms with Gasteiger partial charge in [-0.15, -0.1) is 10.2 Å². The molecule has 0 spiro atoms. The summed E-state index contributed by atoms with van der Waals surface area (Å²) < 4.78 is 5.93. The van der Waals surface area contributed by atoms with Crippen molar-refractivity contribution in [1.29, 1.82) is 0 Å². The molecule has 0 radical (unpaired) electrons. The molecule has 1 saturated carbocycles. The zero-order chi connectivity index (χ0) is 14.0. The maximum absolute atomic E-state index is 6.22. The SMILES string of the molecule is CCC1(c2nnc(C(N)c3ccccc3)o2)CCCC1. The minimum atomic E-state index is -0.340. The molecule has 1 heterocycles. The quantitative estimate of drug-likeness (QED) is 0.926. The third-order valence-corrected chi connectivity index (χ3v) is 4.56. The van der Waals surface area contributed by atoms with E-state index in [2.05, 4.69) is 17.1 Å². The van der Waals surface area contributed by atoms with Gasteiger partial charge in [-0.1, -0.05) is 50.1 Å². The molecule has 2 N–H and O–H groups in total. The Morgan fingerprint density at radius 2 is 1.90 bits per heavy atom. The van der Waals surface area contributed by atoms with E-state index >= 15 is 0 Å². The minimum Gasteiger partial charge on any atom is -0.423 e. The van der Waals surface area contributed by atoms with Crippen LogP contribution in [0.1, 0.15) is 62.4 Å². The number of hydrogen-bond acceptors (Lipinski definition) is 4. The van der Waals surface area contributed by atoms with E-state index in [0.29, 0.717) is 5.89 Å². The Bertz CT molecular complexity index is 558. The van der Waals surface area contributed by atoms with Crippen LogP contribution >= 0.6 is 0 Å². The fraction of sp³-hybridized carbons (Fsp3) is 0.500. The molecule has 3 rings (SSSR count). The molecule has 1 unspecified atom stereocenters. The van der Waals surface area contributed by atoms with Crippen molar-refractivity contribution < 1.29 is 4.42 Å². The van der Waals surface area contributed by atoms with Crippen molar-refractivity contribution in [3.8, 4) is 0 Å². The first kappa shape index (κ1) is 13.3. The Balaban J connectivity index is 1.87. The average Bonchev–Trinajstić information content (AvgIpc) is 3.17. The topological polar surface area (TPSA) is 64.9 Å². The van der Waals surface area contributed by atoms with E-state index in [4.69, 9.17) is 10.2 Å². The highest BCUT2D eigenvalue weighted by molar-refractivity contribution is 5.23. The van der Waals surface area contributed by atoms with Crippen LogP contribution in [0.5, 0.6) is 0 Å². The minimum absolute atomic E-state index is 0.0850. The number of aromatic nitrogens is 2. The fourth-order valence-corrected chi connectivity index (χ4v) is 3.15. The summed E-state index contributed by atoms with van der Waals surface area (Å²) in [4.78, 5) is 0. The summed E-state index contributed by atoms with van der Waals surface area (Å²) in [7, 11) is 0. The number of nitrogens with two attached hydrogens (primary N) is 1. The summed E-state index contributed by atoms with van der Waals surface area (Å²) in [6.45, 7) is 2.20. The van der Waals surface area contributed by atoms with E-state index in [0.717, 1.165) is 30.7 Å². The lowest BCUT2D eigenvalue weighted by Crippen LogP contribution is -2.21.